The summed E-state index contributed by atoms with van der Waals surface area (Å²) in [5.41, 5.74) is 1.70. The maximum atomic E-state index is 11.9. The smallest absolute Gasteiger partial charge is 0.272 e. The molecule has 6 nitrogen and oxygen atoms in total. The molecular weight excluding hydrogens is 292 g/mol. The minimum atomic E-state index is -2.93. The predicted octanol–water partition coefficient (Wildman–Crippen LogP) is 1.52. The number of likely N-dealkylation sites (tertiary alicyclic amines) is 1. The molecule has 0 spiro atoms. The molecule has 0 unspecified atom stereocenters. The Balaban J connectivity index is 1.78. The second kappa shape index (κ2) is 5.06. The van der Waals surface area contributed by atoms with Gasteiger partial charge in [-0.1, -0.05) is 12.1 Å². The monoisotopic (exact) mass is 310 g/mol. The average Bonchev–Trinajstić information content (AvgIpc) is 2.93. The van der Waals surface area contributed by atoms with Crippen LogP contribution in [-0.4, -0.2) is 42.3 Å². The van der Waals surface area contributed by atoms with Crippen LogP contribution in [-0.2, 0) is 16.4 Å². The Labute approximate surface area is 123 Å². The lowest BCUT2D eigenvalue weighted by Gasteiger charge is -2.18. The second-order valence-corrected chi connectivity index (χ2v) is 8.31. The SMILES string of the molecule is Cc1c(CN2C[C@@H]3CCS(=O)(=O)[C@@H]3C2)cccc1[N+](=O)[O-]. The fraction of sp³-hybridized carbons (Fsp3) is 0.571. The molecule has 0 aliphatic carbocycles. The Kier molecular flexibility index (Phi) is 3.49. The van der Waals surface area contributed by atoms with Crippen molar-refractivity contribution in [2.45, 2.75) is 25.1 Å². The van der Waals surface area contributed by atoms with Crippen LogP contribution in [0.25, 0.3) is 0 Å². The van der Waals surface area contributed by atoms with Crippen molar-refractivity contribution in [2.75, 3.05) is 18.8 Å². The van der Waals surface area contributed by atoms with E-state index in [1.54, 1.807) is 13.0 Å². The summed E-state index contributed by atoms with van der Waals surface area (Å²) in [7, 11) is -2.93. The van der Waals surface area contributed by atoms with Gasteiger partial charge in [-0.15, -0.1) is 0 Å². The molecule has 21 heavy (non-hydrogen) atoms. The third-order valence-corrected chi connectivity index (χ3v) is 6.96. The maximum Gasteiger partial charge on any atom is 0.272 e. The fourth-order valence-corrected chi connectivity index (χ4v) is 5.67. The highest BCUT2D eigenvalue weighted by Crippen LogP contribution is 2.34. The third-order valence-electron chi connectivity index (χ3n) is 4.70. The first-order valence-corrected chi connectivity index (χ1v) is 8.77. The van der Waals surface area contributed by atoms with Crippen LogP contribution in [0, 0.1) is 23.0 Å². The van der Waals surface area contributed by atoms with Gasteiger partial charge in [-0.2, -0.15) is 0 Å². The van der Waals surface area contributed by atoms with Gasteiger partial charge in [0.05, 0.1) is 15.9 Å². The summed E-state index contributed by atoms with van der Waals surface area (Å²) < 4.78 is 23.9. The Morgan fingerprint density at radius 3 is 2.81 bits per heavy atom. The quantitative estimate of drug-likeness (QED) is 0.624. The first-order valence-electron chi connectivity index (χ1n) is 7.05. The van der Waals surface area contributed by atoms with Crippen molar-refractivity contribution in [3.05, 3.63) is 39.4 Å². The summed E-state index contributed by atoms with van der Waals surface area (Å²) >= 11 is 0. The first kappa shape index (κ1) is 14.5. The Bertz CT molecular complexity index is 686. The predicted molar refractivity (Wildman–Crippen MR) is 78.8 cm³/mol. The Hall–Kier alpha value is -1.47. The van der Waals surface area contributed by atoms with Crippen molar-refractivity contribution >= 4 is 15.5 Å². The van der Waals surface area contributed by atoms with Crippen LogP contribution in [0.4, 0.5) is 5.69 Å². The second-order valence-electron chi connectivity index (χ2n) is 5.97. The van der Waals surface area contributed by atoms with E-state index in [4.69, 9.17) is 0 Å². The van der Waals surface area contributed by atoms with Crippen molar-refractivity contribution in [3.63, 3.8) is 0 Å². The molecule has 2 saturated heterocycles. The molecule has 2 aliphatic heterocycles. The van der Waals surface area contributed by atoms with Crippen molar-refractivity contribution < 1.29 is 13.3 Å². The molecule has 7 heteroatoms. The molecule has 2 fully saturated rings. The summed E-state index contributed by atoms with van der Waals surface area (Å²) in [6.07, 6.45) is 0.747. The van der Waals surface area contributed by atoms with Gasteiger partial charge in [-0.05, 0) is 24.8 Å². The lowest BCUT2D eigenvalue weighted by atomic mass is 10.1. The minimum Gasteiger partial charge on any atom is -0.297 e. The Morgan fingerprint density at radius 1 is 1.38 bits per heavy atom. The zero-order valence-corrected chi connectivity index (χ0v) is 12.7. The number of hydrogen-bond acceptors (Lipinski definition) is 5. The van der Waals surface area contributed by atoms with E-state index in [1.807, 2.05) is 6.07 Å². The van der Waals surface area contributed by atoms with E-state index in [1.165, 1.54) is 6.07 Å². The highest BCUT2D eigenvalue weighted by molar-refractivity contribution is 7.92. The normalized spacial score (nSPS) is 27.7. The van der Waals surface area contributed by atoms with E-state index in [9.17, 15) is 18.5 Å². The Morgan fingerprint density at radius 2 is 2.14 bits per heavy atom. The fourth-order valence-electron chi connectivity index (χ4n) is 3.49. The van der Waals surface area contributed by atoms with Gasteiger partial charge in [0.15, 0.2) is 9.84 Å². The van der Waals surface area contributed by atoms with Crippen LogP contribution in [0.5, 0.6) is 0 Å². The maximum absolute atomic E-state index is 11.9. The van der Waals surface area contributed by atoms with Crippen molar-refractivity contribution in [1.82, 2.24) is 4.90 Å². The van der Waals surface area contributed by atoms with Crippen molar-refractivity contribution in [1.29, 1.82) is 0 Å². The van der Waals surface area contributed by atoms with Crippen LogP contribution in [0.15, 0.2) is 18.2 Å². The molecule has 0 saturated carbocycles. The lowest BCUT2D eigenvalue weighted by molar-refractivity contribution is -0.385. The van der Waals surface area contributed by atoms with Crippen molar-refractivity contribution in [3.8, 4) is 0 Å². The van der Waals surface area contributed by atoms with Gasteiger partial charge in [-0.25, -0.2) is 8.42 Å². The van der Waals surface area contributed by atoms with Crippen LogP contribution >= 0.6 is 0 Å². The molecule has 0 N–H and O–H groups in total. The molecule has 114 valence electrons. The number of nitro groups is 1. The number of hydrogen-bond donors (Lipinski definition) is 0. The summed E-state index contributed by atoms with van der Waals surface area (Å²) in [5, 5.41) is 10.7. The van der Waals surface area contributed by atoms with Gasteiger partial charge in [-0.3, -0.25) is 15.0 Å². The summed E-state index contributed by atoms with van der Waals surface area (Å²) in [4.78, 5) is 12.7. The molecule has 1 aromatic rings. The standard InChI is InChI=1S/C14H18N2O4S/c1-10-11(3-2-4-13(10)16(17)18)7-15-8-12-5-6-21(19,20)14(12)9-15/h2-4,12,14H,5-9H2,1H3/t12-,14+/m0/s1. The van der Waals surface area contributed by atoms with Gasteiger partial charge < -0.3 is 0 Å². The molecule has 2 aliphatic rings. The largest absolute Gasteiger partial charge is 0.297 e. The lowest BCUT2D eigenvalue weighted by Crippen LogP contribution is -2.26. The van der Waals surface area contributed by atoms with E-state index < -0.39 is 9.84 Å². The highest BCUT2D eigenvalue weighted by Gasteiger charge is 2.46. The molecule has 0 radical (unpaired) electrons. The molecule has 0 aromatic heterocycles. The zero-order valence-electron chi connectivity index (χ0n) is 11.9. The van der Waals surface area contributed by atoms with E-state index >= 15 is 0 Å². The number of nitro benzene ring substituents is 1. The van der Waals surface area contributed by atoms with E-state index in [0.29, 0.717) is 24.4 Å². The van der Waals surface area contributed by atoms with Crippen LogP contribution in [0.2, 0.25) is 0 Å². The zero-order chi connectivity index (χ0) is 15.2. The van der Waals surface area contributed by atoms with Gasteiger partial charge >= 0.3 is 0 Å². The number of sulfone groups is 1. The van der Waals surface area contributed by atoms with E-state index in [-0.39, 0.29) is 21.8 Å². The van der Waals surface area contributed by atoms with Gasteiger partial charge in [0, 0.05) is 31.3 Å². The highest BCUT2D eigenvalue weighted by atomic mass is 32.2. The van der Waals surface area contributed by atoms with Crippen LogP contribution in [0.1, 0.15) is 17.5 Å². The number of nitrogens with zero attached hydrogens (tertiary/aromatic N) is 2. The number of rotatable bonds is 3. The minimum absolute atomic E-state index is 0.125. The molecule has 1 aromatic carbocycles. The average molecular weight is 310 g/mol. The summed E-state index contributed by atoms with van der Waals surface area (Å²) in [5.74, 6) is 0.542. The third kappa shape index (κ3) is 2.55. The number of benzene rings is 1. The summed E-state index contributed by atoms with van der Waals surface area (Å²) in [6.45, 7) is 3.65. The van der Waals surface area contributed by atoms with E-state index in [0.717, 1.165) is 18.5 Å². The van der Waals surface area contributed by atoms with Crippen molar-refractivity contribution in [2.24, 2.45) is 5.92 Å². The van der Waals surface area contributed by atoms with Crippen LogP contribution in [0.3, 0.4) is 0 Å². The molecule has 0 bridgehead atoms. The first-order chi connectivity index (χ1) is 9.88. The molecular formula is C14H18N2O4S. The molecule has 0 amide bonds. The van der Waals surface area contributed by atoms with E-state index in [2.05, 4.69) is 4.90 Å². The van der Waals surface area contributed by atoms with Gasteiger partial charge in [0.1, 0.15) is 0 Å². The van der Waals surface area contributed by atoms with Gasteiger partial charge in [0.25, 0.3) is 5.69 Å². The summed E-state index contributed by atoms with van der Waals surface area (Å²) in [6, 6.07) is 5.07. The van der Waals surface area contributed by atoms with Gasteiger partial charge in [0.2, 0.25) is 0 Å². The topological polar surface area (TPSA) is 80.5 Å². The van der Waals surface area contributed by atoms with Crippen LogP contribution < -0.4 is 0 Å². The molecule has 2 atom stereocenters. The number of fused-ring (bicyclic) bond motifs is 1. The molecule has 3 rings (SSSR count). The molecule has 2 heterocycles.